The highest BCUT2D eigenvalue weighted by molar-refractivity contribution is 7.92. The van der Waals surface area contributed by atoms with Gasteiger partial charge in [0.05, 0.1) is 17.0 Å². The molecule has 208 valence electrons. The standard InChI is InChI=1S/C26H31Cl4N3O4S/c1-3-23(26(35)31-20-7-5-4-6-8-20)32(15-17-9-10-18(27)13-22(17)30)25(34)16-33(38(2,36)37)24-14-19(28)11-12-21(24)29/h9-14,20,23H,3-8,15-16H2,1-2H3,(H,31,35)/t23-/m0/s1. The first kappa shape index (κ1) is 30.8. The van der Waals surface area contributed by atoms with Crippen LogP contribution in [0.2, 0.25) is 20.1 Å². The summed E-state index contributed by atoms with van der Waals surface area (Å²) in [6.45, 7) is 1.20. The molecular weight excluding hydrogens is 592 g/mol. The number of halogens is 4. The molecule has 1 N–H and O–H groups in total. The van der Waals surface area contributed by atoms with E-state index in [9.17, 15) is 18.0 Å². The first-order chi connectivity index (χ1) is 17.9. The van der Waals surface area contributed by atoms with Gasteiger partial charge in [-0.3, -0.25) is 13.9 Å². The monoisotopic (exact) mass is 621 g/mol. The number of nitrogens with zero attached hydrogens (tertiary/aromatic N) is 2. The van der Waals surface area contributed by atoms with Gasteiger partial charge in [-0.2, -0.15) is 0 Å². The van der Waals surface area contributed by atoms with Crippen molar-refractivity contribution in [2.75, 3.05) is 17.1 Å². The van der Waals surface area contributed by atoms with Crippen molar-refractivity contribution in [3.63, 3.8) is 0 Å². The van der Waals surface area contributed by atoms with E-state index in [2.05, 4.69) is 5.32 Å². The molecule has 7 nitrogen and oxygen atoms in total. The van der Waals surface area contributed by atoms with E-state index in [1.165, 1.54) is 23.1 Å². The Bertz CT molecular complexity index is 1270. The number of sulfonamides is 1. The molecule has 38 heavy (non-hydrogen) atoms. The first-order valence-electron chi connectivity index (χ1n) is 12.4. The van der Waals surface area contributed by atoms with Crippen LogP contribution in [0, 0.1) is 0 Å². The van der Waals surface area contributed by atoms with E-state index in [0.29, 0.717) is 22.0 Å². The SMILES string of the molecule is CC[C@@H](C(=O)NC1CCCCC1)N(Cc1ccc(Cl)cc1Cl)C(=O)CN(c1cc(Cl)ccc1Cl)S(C)(=O)=O. The fraction of sp³-hybridized carbons (Fsp3) is 0.462. The van der Waals surface area contributed by atoms with Crippen molar-refractivity contribution < 1.29 is 18.0 Å². The summed E-state index contributed by atoms with van der Waals surface area (Å²) >= 11 is 24.9. The number of benzene rings is 2. The molecule has 2 aromatic carbocycles. The molecule has 1 atom stereocenters. The Morgan fingerprint density at radius 1 is 0.974 bits per heavy atom. The maximum Gasteiger partial charge on any atom is 0.244 e. The van der Waals surface area contributed by atoms with Crippen LogP contribution >= 0.6 is 46.4 Å². The van der Waals surface area contributed by atoms with Gasteiger partial charge < -0.3 is 10.2 Å². The van der Waals surface area contributed by atoms with E-state index in [-0.39, 0.29) is 34.2 Å². The molecule has 1 aliphatic carbocycles. The van der Waals surface area contributed by atoms with Crippen LogP contribution in [0.1, 0.15) is 51.0 Å². The zero-order valence-corrected chi connectivity index (χ0v) is 25.1. The van der Waals surface area contributed by atoms with E-state index in [0.717, 1.165) is 42.7 Å². The van der Waals surface area contributed by atoms with Crippen molar-refractivity contribution in [2.45, 2.75) is 64.1 Å². The molecule has 2 aromatic rings. The lowest BCUT2D eigenvalue weighted by atomic mass is 9.95. The third-order valence-corrected chi connectivity index (χ3v) is 8.82. The third-order valence-electron chi connectivity index (χ3n) is 6.55. The highest BCUT2D eigenvalue weighted by atomic mass is 35.5. The van der Waals surface area contributed by atoms with Crippen molar-refractivity contribution in [3.8, 4) is 0 Å². The molecule has 12 heteroatoms. The Kier molecular flexibility index (Phi) is 11.0. The predicted molar refractivity (Wildman–Crippen MR) is 155 cm³/mol. The highest BCUT2D eigenvalue weighted by Crippen LogP contribution is 2.31. The Morgan fingerprint density at radius 3 is 2.21 bits per heavy atom. The minimum absolute atomic E-state index is 0.0215. The van der Waals surface area contributed by atoms with Gasteiger partial charge in [0.25, 0.3) is 0 Å². The van der Waals surface area contributed by atoms with Crippen molar-refractivity contribution in [3.05, 3.63) is 62.1 Å². The van der Waals surface area contributed by atoms with E-state index in [4.69, 9.17) is 46.4 Å². The highest BCUT2D eigenvalue weighted by Gasteiger charge is 2.33. The number of rotatable bonds is 10. The second kappa shape index (κ2) is 13.6. The summed E-state index contributed by atoms with van der Waals surface area (Å²) in [5.41, 5.74) is 0.638. The van der Waals surface area contributed by atoms with Crippen LogP contribution in [0.15, 0.2) is 36.4 Å². The summed E-state index contributed by atoms with van der Waals surface area (Å²) in [5, 5.41) is 4.22. The molecule has 2 amide bonds. The Labute approximate surface area is 244 Å². The van der Waals surface area contributed by atoms with Crippen molar-refractivity contribution in [1.29, 1.82) is 0 Å². The molecule has 3 rings (SSSR count). The second-order valence-electron chi connectivity index (χ2n) is 9.39. The van der Waals surface area contributed by atoms with Crippen LogP contribution in [0.25, 0.3) is 0 Å². The largest absolute Gasteiger partial charge is 0.352 e. The van der Waals surface area contributed by atoms with Crippen LogP contribution < -0.4 is 9.62 Å². The van der Waals surface area contributed by atoms with E-state index in [1.807, 2.05) is 0 Å². The van der Waals surface area contributed by atoms with Gasteiger partial charge in [-0.25, -0.2) is 8.42 Å². The summed E-state index contributed by atoms with van der Waals surface area (Å²) < 4.78 is 26.5. The molecule has 0 saturated heterocycles. The minimum Gasteiger partial charge on any atom is -0.352 e. The van der Waals surface area contributed by atoms with Gasteiger partial charge in [-0.05, 0) is 55.2 Å². The van der Waals surface area contributed by atoms with Gasteiger partial charge in [0.2, 0.25) is 21.8 Å². The molecule has 1 aliphatic rings. The van der Waals surface area contributed by atoms with Gasteiger partial charge in [0.15, 0.2) is 0 Å². The van der Waals surface area contributed by atoms with Crippen molar-refractivity contribution in [2.24, 2.45) is 0 Å². The molecule has 0 aliphatic heterocycles. The second-order valence-corrected chi connectivity index (χ2v) is 13.0. The van der Waals surface area contributed by atoms with Crippen LogP contribution in [0.5, 0.6) is 0 Å². The summed E-state index contributed by atoms with van der Waals surface area (Å²) in [6, 6.07) is 8.42. The molecular formula is C26H31Cl4N3O4S. The molecule has 1 saturated carbocycles. The van der Waals surface area contributed by atoms with E-state index in [1.54, 1.807) is 25.1 Å². The summed E-state index contributed by atoms with van der Waals surface area (Å²) in [4.78, 5) is 28.6. The van der Waals surface area contributed by atoms with Gasteiger partial charge >= 0.3 is 0 Å². The molecule has 0 spiro atoms. The lowest BCUT2D eigenvalue weighted by Gasteiger charge is -2.34. The van der Waals surface area contributed by atoms with Crippen molar-refractivity contribution >= 4 is 73.9 Å². The van der Waals surface area contributed by atoms with E-state index >= 15 is 0 Å². The maximum atomic E-state index is 13.8. The number of nitrogens with one attached hydrogen (secondary N) is 1. The average Bonchev–Trinajstić information content (AvgIpc) is 2.85. The fourth-order valence-electron chi connectivity index (χ4n) is 4.57. The van der Waals surface area contributed by atoms with Gasteiger partial charge in [0.1, 0.15) is 12.6 Å². The molecule has 0 unspecified atom stereocenters. The number of hydrogen-bond acceptors (Lipinski definition) is 4. The number of carbonyl (C=O) groups is 2. The normalized spacial score (nSPS) is 15.1. The first-order valence-corrected chi connectivity index (χ1v) is 15.7. The molecule has 1 fully saturated rings. The lowest BCUT2D eigenvalue weighted by Crippen LogP contribution is -2.54. The van der Waals surface area contributed by atoms with E-state index < -0.39 is 28.5 Å². The summed E-state index contributed by atoms with van der Waals surface area (Å²) in [6.07, 6.45) is 6.26. The molecule has 0 radical (unpaired) electrons. The van der Waals surface area contributed by atoms with Gasteiger partial charge in [0, 0.05) is 27.7 Å². The lowest BCUT2D eigenvalue weighted by molar-refractivity contribution is -0.140. The number of amides is 2. The van der Waals surface area contributed by atoms with Gasteiger partial charge in [-0.15, -0.1) is 0 Å². The predicted octanol–water partition coefficient (Wildman–Crippen LogP) is 6.32. The van der Waals surface area contributed by atoms with Crippen LogP contribution in [-0.4, -0.2) is 50.0 Å². The molecule has 0 aromatic heterocycles. The number of hydrogen-bond donors (Lipinski definition) is 1. The summed E-state index contributed by atoms with van der Waals surface area (Å²) in [7, 11) is -3.95. The van der Waals surface area contributed by atoms with Crippen LogP contribution in [0.4, 0.5) is 5.69 Å². The topological polar surface area (TPSA) is 86.8 Å². The zero-order chi connectivity index (χ0) is 28.0. The van der Waals surface area contributed by atoms with Crippen molar-refractivity contribution in [1.82, 2.24) is 10.2 Å². The van der Waals surface area contributed by atoms with Gasteiger partial charge in [-0.1, -0.05) is 78.7 Å². The zero-order valence-electron chi connectivity index (χ0n) is 21.2. The number of carbonyl (C=O) groups excluding carboxylic acids is 2. The molecule has 0 bridgehead atoms. The Balaban J connectivity index is 1.97. The average molecular weight is 623 g/mol. The fourth-order valence-corrected chi connectivity index (χ4v) is 6.33. The van der Waals surface area contributed by atoms with Crippen LogP contribution in [0.3, 0.4) is 0 Å². The minimum atomic E-state index is -3.95. The molecule has 0 heterocycles. The van der Waals surface area contributed by atoms with Crippen LogP contribution in [-0.2, 0) is 26.2 Å². The smallest absolute Gasteiger partial charge is 0.244 e. The summed E-state index contributed by atoms with van der Waals surface area (Å²) in [5.74, 6) is -0.882. The quantitative estimate of drug-likeness (QED) is 0.336. The third kappa shape index (κ3) is 8.15. The Hall–Kier alpha value is -1.71. The number of anilines is 1. The maximum absolute atomic E-state index is 13.8. The Morgan fingerprint density at radius 2 is 1.61 bits per heavy atom.